The molecule has 1 atom stereocenters. The third-order valence-electron chi connectivity index (χ3n) is 3.14. The van der Waals surface area contributed by atoms with Gasteiger partial charge in [-0.25, -0.2) is 4.39 Å². The van der Waals surface area contributed by atoms with Crippen molar-refractivity contribution in [1.29, 1.82) is 0 Å². The summed E-state index contributed by atoms with van der Waals surface area (Å²) in [6.45, 7) is 4.67. The summed E-state index contributed by atoms with van der Waals surface area (Å²) in [5, 5.41) is 3.35. The predicted molar refractivity (Wildman–Crippen MR) is 88.5 cm³/mol. The van der Waals surface area contributed by atoms with Crippen LogP contribution in [0.2, 0.25) is 0 Å². The molecule has 0 saturated carbocycles. The van der Waals surface area contributed by atoms with Crippen molar-refractivity contribution < 1.29 is 4.39 Å². The van der Waals surface area contributed by atoms with Crippen molar-refractivity contribution in [2.75, 3.05) is 6.54 Å². The molecule has 0 aliphatic rings. The Morgan fingerprint density at radius 3 is 2.50 bits per heavy atom. The molecule has 0 aliphatic heterocycles. The maximum absolute atomic E-state index is 14.3. The molecule has 1 N–H and O–H groups in total. The van der Waals surface area contributed by atoms with Gasteiger partial charge >= 0.3 is 0 Å². The van der Waals surface area contributed by atoms with Gasteiger partial charge in [-0.3, -0.25) is 0 Å². The van der Waals surface area contributed by atoms with Gasteiger partial charge in [-0.05, 0) is 48.9 Å². The third kappa shape index (κ3) is 3.48. The number of hydrogen-bond donors (Lipinski definition) is 1. The molecule has 0 saturated heterocycles. The van der Waals surface area contributed by atoms with Crippen LogP contribution in [0.3, 0.4) is 0 Å². The SMILES string of the molecule is CCNC(c1ccc(C)cc1F)c1cc(Br)ccc1Br. The van der Waals surface area contributed by atoms with Crippen LogP contribution in [0.4, 0.5) is 4.39 Å². The molecule has 2 aromatic carbocycles. The molecule has 0 radical (unpaired) electrons. The molecular formula is C16H16Br2FN. The molecule has 0 heterocycles. The summed E-state index contributed by atoms with van der Waals surface area (Å²) in [6, 6.07) is 11.1. The molecule has 1 unspecified atom stereocenters. The number of aryl methyl sites for hydroxylation is 1. The lowest BCUT2D eigenvalue weighted by atomic mass is 9.97. The molecule has 1 nitrogen and oxygen atoms in total. The largest absolute Gasteiger partial charge is 0.306 e. The first-order chi connectivity index (χ1) is 9.52. The standard InChI is InChI=1S/C16H16Br2FN/c1-3-20-16(12-6-4-10(2)8-15(12)19)13-9-11(17)5-7-14(13)18/h4-9,16,20H,3H2,1-2H3. The van der Waals surface area contributed by atoms with E-state index in [4.69, 9.17) is 0 Å². The quantitative estimate of drug-likeness (QED) is 0.728. The molecule has 2 aromatic rings. The van der Waals surface area contributed by atoms with Gasteiger partial charge in [-0.1, -0.05) is 50.9 Å². The third-order valence-corrected chi connectivity index (χ3v) is 4.36. The number of rotatable bonds is 4. The van der Waals surface area contributed by atoms with Crippen LogP contribution in [0.25, 0.3) is 0 Å². The van der Waals surface area contributed by atoms with Gasteiger partial charge in [0.15, 0.2) is 0 Å². The van der Waals surface area contributed by atoms with Gasteiger partial charge in [0.05, 0.1) is 6.04 Å². The van der Waals surface area contributed by atoms with Crippen molar-refractivity contribution in [1.82, 2.24) is 5.32 Å². The highest BCUT2D eigenvalue weighted by Gasteiger charge is 2.19. The van der Waals surface area contributed by atoms with Crippen LogP contribution in [0, 0.1) is 12.7 Å². The molecule has 4 heteroatoms. The maximum atomic E-state index is 14.3. The van der Waals surface area contributed by atoms with E-state index in [1.807, 2.05) is 44.2 Å². The van der Waals surface area contributed by atoms with E-state index in [0.717, 1.165) is 26.6 Å². The van der Waals surface area contributed by atoms with Crippen molar-refractivity contribution >= 4 is 31.9 Å². The fourth-order valence-corrected chi connectivity index (χ4v) is 3.05. The van der Waals surface area contributed by atoms with Crippen molar-refractivity contribution in [2.45, 2.75) is 19.9 Å². The summed E-state index contributed by atoms with van der Waals surface area (Å²) in [5.74, 6) is -0.178. The molecule has 0 aliphatic carbocycles. The first-order valence-corrected chi connectivity index (χ1v) is 8.06. The van der Waals surface area contributed by atoms with Gasteiger partial charge in [-0.2, -0.15) is 0 Å². The van der Waals surface area contributed by atoms with E-state index in [1.165, 1.54) is 0 Å². The fraction of sp³-hybridized carbons (Fsp3) is 0.250. The summed E-state index contributed by atoms with van der Waals surface area (Å²) in [6.07, 6.45) is 0. The number of benzene rings is 2. The molecule has 0 spiro atoms. The molecule has 0 aromatic heterocycles. The van der Waals surface area contributed by atoms with Crippen LogP contribution in [-0.2, 0) is 0 Å². The Kier molecular flexibility index (Phi) is 5.35. The Bertz CT molecular complexity index is 613. The summed E-state index contributed by atoms with van der Waals surface area (Å²) >= 11 is 7.03. The highest BCUT2D eigenvalue weighted by molar-refractivity contribution is 9.11. The second-order valence-corrected chi connectivity index (χ2v) is 6.45. The minimum atomic E-state index is -0.178. The lowest BCUT2D eigenvalue weighted by Crippen LogP contribution is -2.23. The number of nitrogens with one attached hydrogen (secondary N) is 1. The fourth-order valence-electron chi connectivity index (χ4n) is 2.19. The molecule has 0 fully saturated rings. The van der Waals surface area contributed by atoms with Crippen molar-refractivity contribution in [2.24, 2.45) is 0 Å². The van der Waals surface area contributed by atoms with E-state index in [-0.39, 0.29) is 11.9 Å². The van der Waals surface area contributed by atoms with E-state index in [0.29, 0.717) is 5.56 Å². The highest BCUT2D eigenvalue weighted by atomic mass is 79.9. The lowest BCUT2D eigenvalue weighted by Gasteiger charge is -2.21. The van der Waals surface area contributed by atoms with Gasteiger partial charge in [0.1, 0.15) is 5.82 Å². The monoisotopic (exact) mass is 399 g/mol. The Morgan fingerprint density at radius 2 is 1.85 bits per heavy atom. The molecule has 0 amide bonds. The molecule has 0 bridgehead atoms. The van der Waals surface area contributed by atoms with Gasteiger partial charge in [0.25, 0.3) is 0 Å². The van der Waals surface area contributed by atoms with Crippen LogP contribution in [0.1, 0.15) is 29.7 Å². The van der Waals surface area contributed by atoms with Gasteiger partial charge in [-0.15, -0.1) is 0 Å². The second kappa shape index (κ2) is 6.83. The van der Waals surface area contributed by atoms with E-state index in [1.54, 1.807) is 6.07 Å². The van der Waals surface area contributed by atoms with E-state index in [9.17, 15) is 4.39 Å². The summed E-state index contributed by atoms with van der Waals surface area (Å²) < 4.78 is 16.2. The van der Waals surface area contributed by atoms with Gasteiger partial charge < -0.3 is 5.32 Å². The van der Waals surface area contributed by atoms with Crippen LogP contribution in [-0.4, -0.2) is 6.54 Å². The van der Waals surface area contributed by atoms with Crippen molar-refractivity contribution in [3.8, 4) is 0 Å². The Labute approximate surface area is 135 Å². The molecule has 2 rings (SSSR count). The Morgan fingerprint density at radius 1 is 1.10 bits per heavy atom. The van der Waals surface area contributed by atoms with Crippen LogP contribution >= 0.6 is 31.9 Å². The average molecular weight is 401 g/mol. The zero-order chi connectivity index (χ0) is 14.7. The van der Waals surface area contributed by atoms with Gasteiger partial charge in [0.2, 0.25) is 0 Å². The van der Waals surface area contributed by atoms with Crippen molar-refractivity contribution in [3.63, 3.8) is 0 Å². The normalized spacial score (nSPS) is 12.4. The summed E-state index contributed by atoms with van der Waals surface area (Å²) in [4.78, 5) is 0. The molecular weight excluding hydrogens is 385 g/mol. The maximum Gasteiger partial charge on any atom is 0.128 e. The second-order valence-electron chi connectivity index (χ2n) is 4.68. The molecule has 20 heavy (non-hydrogen) atoms. The Balaban J connectivity index is 2.53. The minimum absolute atomic E-state index is 0.174. The smallest absolute Gasteiger partial charge is 0.128 e. The number of hydrogen-bond acceptors (Lipinski definition) is 1. The predicted octanol–water partition coefficient (Wildman–Crippen LogP) is 5.36. The summed E-state index contributed by atoms with van der Waals surface area (Å²) in [7, 11) is 0. The van der Waals surface area contributed by atoms with Crippen molar-refractivity contribution in [3.05, 3.63) is 67.9 Å². The average Bonchev–Trinajstić information content (AvgIpc) is 2.40. The zero-order valence-corrected chi connectivity index (χ0v) is 14.6. The van der Waals surface area contributed by atoms with E-state index >= 15 is 0 Å². The van der Waals surface area contributed by atoms with Crippen LogP contribution in [0.15, 0.2) is 45.3 Å². The number of halogens is 3. The Hall–Kier alpha value is -0.710. The summed E-state index contributed by atoms with van der Waals surface area (Å²) in [5.41, 5.74) is 2.61. The van der Waals surface area contributed by atoms with E-state index in [2.05, 4.69) is 37.2 Å². The van der Waals surface area contributed by atoms with E-state index < -0.39 is 0 Å². The first-order valence-electron chi connectivity index (χ1n) is 6.47. The minimum Gasteiger partial charge on any atom is -0.306 e. The first kappa shape index (κ1) is 15.7. The van der Waals surface area contributed by atoms with Crippen LogP contribution < -0.4 is 5.32 Å². The topological polar surface area (TPSA) is 12.0 Å². The lowest BCUT2D eigenvalue weighted by molar-refractivity contribution is 0.557. The molecule has 106 valence electrons. The van der Waals surface area contributed by atoms with Gasteiger partial charge in [0, 0.05) is 14.5 Å². The highest BCUT2D eigenvalue weighted by Crippen LogP contribution is 2.32. The van der Waals surface area contributed by atoms with Crippen LogP contribution in [0.5, 0.6) is 0 Å². The zero-order valence-electron chi connectivity index (χ0n) is 11.4.